The van der Waals surface area contributed by atoms with Crippen molar-refractivity contribution in [2.75, 3.05) is 0 Å². The van der Waals surface area contributed by atoms with Crippen molar-refractivity contribution in [3.8, 4) is 17.2 Å². The van der Waals surface area contributed by atoms with Gasteiger partial charge in [0.1, 0.15) is 30.5 Å². The fourth-order valence-electron chi connectivity index (χ4n) is 4.24. The number of nitrogens with zero attached hydrogens (tertiary/aromatic N) is 2. The zero-order valence-electron chi connectivity index (χ0n) is 22.4. The minimum Gasteiger partial charge on any atom is -0.487 e. The van der Waals surface area contributed by atoms with Crippen LogP contribution in [0.1, 0.15) is 38.8 Å². The molecule has 0 bridgehead atoms. The zero-order valence-corrected chi connectivity index (χ0v) is 25.6. The molecule has 0 aliphatic heterocycles. The maximum Gasteiger partial charge on any atom is 0.307 e. The first kappa shape index (κ1) is 28.4. The molecule has 0 atom stereocenters. The van der Waals surface area contributed by atoms with Gasteiger partial charge in [0.25, 0.3) is 0 Å². The van der Waals surface area contributed by atoms with Crippen molar-refractivity contribution < 1.29 is 18.7 Å². The van der Waals surface area contributed by atoms with Crippen molar-refractivity contribution in [3.05, 3.63) is 134 Å². The van der Waals surface area contributed by atoms with Crippen LogP contribution in [-0.4, -0.2) is 16.7 Å². The zero-order chi connectivity index (χ0) is 28.8. The summed E-state index contributed by atoms with van der Waals surface area (Å²) in [4.78, 5) is 12.5. The van der Waals surface area contributed by atoms with Crippen LogP contribution in [0.5, 0.6) is 11.5 Å². The summed E-state index contributed by atoms with van der Waals surface area (Å²) in [6, 6.07) is 29.0. The third-order valence-corrected chi connectivity index (χ3v) is 7.44. The van der Waals surface area contributed by atoms with Crippen molar-refractivity contribution in [1.29, 1.82) is 0 Å². The van der Waals surface area contributed by atoms with Crippen molar-refractivity contribution in [3.63, 3.8) is 0 Å². The van der Waals surface area contributed by atoms with Gasteiger partial charge in [0.15, 0.2) is 5.76 Å². The molecule has 0 radical (unpaired) electrons. The average molecular weight is 677 g/mol. The van der Waals surface area contributed by atoms with E-state index in [9.17, 15) is 4.79 Å². The number of rotatable bonds is 10. The lowest BCUT2D eigenvalue weighted by atomic mass is 10.2. The van der Waals surface area contributed by atoms with Crippen LogP contribution in [0.15, 0.2) is 109 Å². The maximum atomic E-state index is 12.5. The van der Waals surface area contributed by atoms with Crippen LogP contribution >= 0.6 is 31.9 Å². The summed E-state index contributed by atoms with van der Waals surface area (Å²) in [5.41, 5.74) is 7.74. The molecule has 0 aliphatic rings. The number of furan rings is 1. The summed E-state index contributed by atoms with van der Waals surface area (Å²) in [6.07, 6.45) is 1.54. The van der Waals surface area contributed by atoms with Crippen LogP contribution in [-0.2, 0) is 13.2 Å². The number of carbonyl (C=O) groups excluding carboxylic acids is 1. The van der Waals surface area contributed by atoms with E-state index in [0.29, 0.717) is 23.9 Å². The van der Waals surface area contributed by atoms with E-state index in [1.54, 1.807) is 18.3 Å². The SMILES string of the molecule is Cc1ccc(C)n1-c1ccc(OCc2ccc(C(=O)N/N=C/c3cc(Br)c(OCc4ccccc4)c(Br)c3)o2)cc1. The van der Waals surface area contributed by atoms with E-state index in [-0.39, 0.29) is 12.4 Å². The Morgan fingerprint density at radius 3 is 2.24 bits per heavy atom. The van der Waals surface area contributed by atoms with E-state index in [1.807, 2.05) is 66.7 Å². The van der Waals surface area contributed by atoms with Crippen LogP contribution in [0.25, 0.3) is 5.69 Å². The van der Waals surface area contributed by atoms with Gasteiger partial charge < -0.3 is 18.5 Å². The molecule has 1 N–H and O–H groups in total. The average Bonchev–Trinajstić information content (AvgIpc) is 3.58. The third kappa shape index (κ3) is 7.17. The molecule has 1 amide bonds. The first-order chi connectivity index (χ1) is 19.9. The molecular weight excluding hydrogens is 650 g/mol. The number of nitrogens with one attached hydrogen (secondary N) is 1. The molecule has 3 aromatic carbocycles. The van der Waals surface area contributed by atoms with Crippen LogP contribution in [0.2, 0.25) is 0 Å². The number of aryl methyl sites for hydroxylation is 2. The smallest absolute Gasteiger partial charge is 0.307 e. The van der Waals surface area contributed by atoms with Gasteiger partial charge in [-0.1, -0.05) is 30.3 Å². The molecule has 2 heterocycles. The van der Waals surface area contributed by atoms with Crippen molar-refractivity contribution >= 4 is 44.0 Å². The van der Waals surface area contributed by atoms with E-state index in [2.05, 4.69) is 72.9 Å². The Labute approximate surface area is 255 Å². The molecule has 0 spiro atoms. The third-order valence-electron chi connectivity index (χ3n) is 6.26. The van der Waals surface area contributed by atoms with Crippen LogP contribution < -0.4 is 14.9 Å². The van der Waals surface area contributed by atoms with E-state index < -0.39 is 5.91 Å². The van der Waals surface area contributed by atoms with Crippen molar-refractivity contribution in [2.24, 2.45) is 5.10 Å². The molecule has 2 aromatic heterocycles. The highest BCUT2D eigenvalue weighted by Crippen LogP contribution is 2.35. The summed E-state index contributed by atoms with van der Waals surface area (Å²) >= 11 is 7.10. The van der Waals surface area contributed by atoms with Crippen LogP contribution in [0.4, 0.5) is 0 Å². The first-order valence-electron chi connectivity index (χ1n) is 12.8. The number of benzene rings is 3. The summed E-state index contributed by atoms with van der Waals surface area (Å²) < 4.78 is 21.2. The number of ether oxygens (including phenoxy) is 2. The Morgan fingerprint density at radius 2 is 1.56 bits per heavy atom. The fourth-order valence-corrected chi connectivity index (χ4v) is 5.69. The predicted octanol–water partition coefficient (Wildman–Crippen LogP) is 8.13. The predicted molar refractivity (Wildman–Crippen MR) is 166 cm³/mol. The quantitative estimate of drug-likeness (QED) is 0.120. The number of amides is 1. The molecule has 5 rings (SSSR count). The van der Waals surface area contributed by atoms with Gasteiger partial charge >= 0.3 is 5.91 Å². The second-order valence-corrected chi connectivity index (χ2v) is 11.0. The minimum atomic E-state index is -0.463. The lowest BCUT2D eigenvalue weighted by molar-refractivity contribution is 0.0923. The second kappa shape index (κ2) is 13.1. The van der Waals surface area contributed by atoms with Gasteiger partial charge in [0, 0.05) is 17.1 Å². The number of carbonyl (C=O) groups is 1. The fraction of sp³-hybridized carbons (Fsp3) is 0.125. The summed E-state index contributed by atoms with van der Waals surface area (Å²) in [7, 11) is 0. The van der Waals surface area contributed by atoms with Gasteiger partial charge in [0.2, 0.25) is 0 Å². The molecule has 9 heteroatoms. The molecular formula is C32H27Br2N3O4. The van der Waals surface area contributed by atoms with Crippen molar-refractivity contribution in [2.45, 2.75) is 27.1 Å². The van der Waals surface area contributed by atoms with Crippen molar-refractivity contribution in [1.82, 2.24) is 9.99 Å². The maximum absolute atomic E-state index is 12.5. The Balaban J connectivity index is 1.13. The minimum absolute atomic E-state index is 0.140. The second-order valence-electron chi connectivity index (χ2n) is 9.29. The molecule has 0 aliphatic carbocycles. The number of hydrazone groups is 1. The number of hydrogen-bond donors (Lipinski definition) is 1. The van der Waals surface area contributed by atoms with Gasteiger partial charge in [0.05, 0.1) is 15.2 Å². The number of hydrogen-bond acceptors (Lipinski definition) is 5. The highest BCUT2D eigenvalue weighted by Gasteiger charge is 2.12. The Morgan fingerprint density at radius 1 is 0.878 bits per heavy atom. The molecule has 0 fully saturated rings. The molecule has 5 aromatic rings. The van der Waals surface area contributed by atoms with Gasteiger partial charge in [-0.3, -0.25) is 4.79 Å². The largest absolute Gasteiger partial charge is 0.487 e. The van der Waals surface area contributed by atoms with Gasteiger partial charge in [-0.2, -0.15) is 5.10 Å². The van der Waals surface area contributed by atoms with E-state index in [1.165, 1.54) is 11.4 Å². The monoisotopic (exact) mass is 675 g/mol. The molecule has 7 nitrogen and oxygen atoms in total. The molecule has 208 valence electrons. The van der Waals surface area contributed by atoms with Gasteiger partial charge in [-0.05, 0) is 117 Å². The molecule has 0 unspecified atom stereocenters. The number of halogens is 2. The summed E-state index contributed by atoms with van der Waals surface area (Å²) in [6.45, 7) is 4.79. The van der Waals surface area contributed by atoms with E-state index >= 15 is 0 Å². The lowest BCUT2D eigenvalue weighted by Crippen LogP contribution is -2.16. The molecule has 41 heavy (non-hydrogen) atoms. The Kier molecular flexibility index (Phi) is 9.06. The summed E-state index contributed by atoms with van der Waals surface area (Å²) in [5, 5.41) is 4.07. The standard InChI is InChI=1S/C32H27Br2N3O4/c1-21-8-9-22(2)37(21)25-10-12-26(13-11-25)39-20-27-14-15-30(41-27)32(38)36-35-18-24-16-28(33)31(29(34)17-24)40-19-23-6-4-3-5-7-23/h3-18H,19-20H2,1-2H3,(H,36,38)/b35-18+. The number of aromatic nitrogens is 1. The van der Waals surface area contributed by atoms with Crippen LogP contribution in [0.3, 0.4) is 0 Å². The normalized spacial score (nSPS) is 11.1. The Bertz CT molecular complexity index is 1630. The topological polar surface area (TPSA) is 78.0 Å². The van der Waals surface area contributed by atoms with Gasteiger partial charge in [-0.25, -0.2) is 5.43 Å². The Hall–Kier alpha value is -4.08. The summed E-state index contributed by atoms with van der Waals surface area (Å²) in [5.74, 6) is 1.59. The highest BCUT2D eigenvalue weighted by atomic mass is 79.9. The molecule has 0 saturated heterocycles. The first-order valence-corrected chi connectivity index (χ1v) is 14.4. The lowest BCUT2D eigenvalue weighted by Gasteiger charge is -2.11. The van der Waals surface area contributed by atoms with Gasteiger partial charge in [-0.15, -0.1) is 0 Å². The highest BCUT2D eigenvalue weighted by molar-refractivity contribution is 9.11. The van der Waals surface area contributed by atoms with E-state index in [0.717, 1.165) is 25.8 Å². The van der Waals surface area contributed by atoms with Crippen LogP contribution in [0, 0.1) is 13.8 Å². The molecule has 0 saturated carbocycles. The van der Waals surface area contributed by atoms with E-state index in [4.69, 9.17) is 13.9 Å².